The van der Waals surface area contributed by atoms with Crippen molar-refractivity contribution in [2.24, 2.45) is 0 Å². The van der Waals surface area contributed by atoms with E-state index in [0.29, 0.717) is 19.3 Å². The molecule has 1 heterocycles. The fourth-order valence-corrected chi connectivity index (χ4v) is 3.92. The second kappa shape index (κ2) is 18.0. The van der Waals surface area contributed by atoms with Gasteiger partial charge in [-0.25, -0.2) is 0 Å². The third-order valence-corrected chi connectivity index (χ3v) is 6.46. The number of rotatable bonds is 18. The van der Waals surface area contributed by atoms with Crippen LogP contribution < -0.4 is 26.6 Å². The van der Waals surface area contributed by atoms with Crippen LogP contribution in [0.5, 0.6) is 0 Å². The Hall–Kier alpha value is -4.49. The molecule has 2 rings (SSSR count). The molecule has 5 N–H and O–H groups in total. The van der Waals surface area contributed by atoms with Crippen LogP contribution in [0.2, 0.25) is 6.32 Å². The highest BCUT2D eigenvalue weighted by Crippen LogP contribution is 2.08. The third kappa shape index (κ3) is 12.8. The van der Waals surface area contributed by atoms with Crippen molar-refractivity contribution in [1.82, 2.24) is 31.5 Å². The Labute approximate surface area is 246 Å². The molecular weight excluding hydrogens is 543 g/mol. The minimum Gasteiger partial charge on any atom is -0.353 e. The fourth-order valence-electron chi connectivity index (χ4n) is 3.92. The van der Waals surface area contributed by atoms with E-state index < -0.39 is 30.3 Å². The molecule has 0 aliphatic carbocycles. The second-order valence-corrected chi connectivity index (χ2v) is 9.93. The maximum atomic E-state index is 12.8. The highest BCUT2D eigenvalue weighted by Gasteiger charge is 2.23. The molecule has 1 aliphatic heterocycles. The van der Waals surface area contributed by atoms with Gasteiger partial charge in [-0.3, -0.25) is 38.5 Å². The number of hydrogen-bond donors (Lipinski definition) is 5. The van der Waals surface area contributed by atoms with Crippen LogP contribution in [0.25, 0.3) is 0 Å². The zero-order valence-electron chi connectivity index (χ0n) is 24.1. The topological polar surface area (TPSA) is 183 Å². The first-order valence-electron chi connectivity index (χ1n) is 14.1. The molecule has 7 amide bonds. The summed E-state index contributed by atoms with van der Waals surface area (Å²) in [5.74, 6) is -3.10. The Morgan fingerprint density at radius 3 is 2.02 bits per heavy atom. The van der Waals surface area contributed by atoms with Crippen LogP contribution in [0.1, 0.15) is 38.2 Å². The average Bonchev–Trinajstić information content (AvgIpc) is 3.29. The van der Waals surface area contributed by atoms with E-state index in [0.717, 1.165) is 16.8 Å². The summed E-state index contributed by atoms with van der Waals surface area (Å²) in [6.07, 6.45) is 5.24. The number of hydrogen-bond acceptors (Lipinski definition) is 7. The van der Waals surface area contributed by atoms with Crippen molar-refractivity contribution < 1.29 is 33.6 Å². The van der Waals surface area contributed by atoms with Gasteiger partial charge in [-0.1, -0.05) is 43.1 Å². The molecule has 1 aromatic rings. The molecule has 0 bridgehead atoms. The Kier molecular flexibility index (Phi) is 14.5. The van der Waals surface area contributed by atoms with Crippen LogP contribution in [0, 0.1) is 0 Å². The van der Waals surface area contributed by atoms with E-state index in [9.17, 15) is 33.6 Å². The normalized spacial score (nSPS) is 13.7. The van der Waals surface area contributed by atoms with Crippen LogP contribution >= 0.6 is 0 Å². The Balaban J connectivity index is 1.70. The van der Waals surface area contributed by atoms with Gasteiger partial charge in [-0.2, -0.15) is 0 Å². The molecule has 2 atom stereocenters. The van der Waals surface area contributed by atoms with Crippen molar-refractivity contribution in [2.75, 3.05) is 26.2 Å². The number of benzene rings is 1. The average molecular weight is 582 g/mol. The molecule has 0 saturated heterocycles. The van der Waals surface area contributed by atoms with Gasteiger partial charge >= 0.3 is 0 Å². The van der Waals surface area contributed by atoms with E-state index in [2.05, 4.69) is 26.6 Å². The van der Waals surface area contributed by atoms with Crippen LogP contribution in [-0.2, 0) is 40.0 Å². The quantitative estimate of drug-likeness (QED) is 0.0761. The van der Waals surface area contributed by atoms with Crippen molar-refractivity contribution in [3.8, 4) is 0 Å². The van der Waals surface area contributed by atoms with E-state index in [1.807, 2.05) is 20.8 Å². The largest absolute Gasteiger partial charge is 0.353 e. The van der Waals surface area contributed by atoms with Gasteiger partial charge in [0.25, 0.3) is 11.8 Å². The van der Waals surface area contributed by atoms with Crippen molar-refractivity contribution in [2.45, 2.75) is 57.4 Å². The summed E-state index contributed by atoms with van der Waals surface area (Å²) in [5.41, 5.74) is 0.795. The molecule has 226 valence electrons. The van der Waals surface area contributed by atoms with Crippen LogP contribution in [0.15, 0.2) is 42.5 Å². The SMILES string of the molecule is BC[C@@H](C)NC(=O)CNC(=O)[C@H](Cc1ccccc1)NC(=O)CNC(=O)CNC(=O)CCCCCN1C(=O)C=CC1=O. The van der Waals surface area contributed by atoms with Gasteiger partial charge in [0.15, 0.2) is 0 Å². The van der Waals surface area contributed by atoms with E-state index >= 15 is 0 Å². The lowest BCUT2D eigenvalue weighted by molar-refractivity contribution is -0.137. The van der Waals surface area contributed by atoms with Crippen molar-refractivity contribution in [3.05, 3.63) is 48.0 Å². The highest BCUT2D eigenvalue weighted by atomic mass is 16.2. The Morgan fingerprint density at radius 2 is 1.36 bits per heavy atom. The number of unbranched alkanes of at least 4 members (excludes halogenated alkanes) is 2. The van der Waals surface area contributed by atoms with Gasteiger partial charge in [-0.15, -0.1) is 0 Å². The van der Waals surface area contributed by atoms with Crippen molar-refractivity contribution in [3.63, 3.8) is 0 Å². The lowest BCUT2D eigenvalue weighted by Crippen LogP contribution is -2.52. The van der Waals surface area contributed by atoms with E-state index in [4.69, 9.17) is 0 Å². The first-order valence-corrected chi connectivity index (χ1v) is 14.1. The van der Waals surface area contributed by atoms with Gasteiger partial charge < -0.3 is 26.6 Å². The maximum Gasteiger partial charge on any atom is 0.253 e. The van der Waals surface area contributed by atoms with Gasteiger partial charge in [0, 0.05) is 37.6 Å². The predicted molar refractivity (Wildman–Crippen MR) is 156 cm³/mol. The summed E-state index contributed by atoms with van der Waals surface area (Å²) in [7, 11) is 1.93. The minimum atomic E-state index is -0.981. The zero-order valence-corrected chi connectivity index (χ0v) is 24.1. The molecule has 13 nitrogen and oxygen atoms in total. The fraction of sp³-hybridized carbons (Fsp3) is 0.464. The minimum absolute atomic E-state index is 0.0358. The molecule has 1 aromatic carbocycles. The molecule has 0 spiro atoms. The van der Waals surface area contributed by atoms with Crippen LogP contribution in [-0.4, -0.2) is 92.4 Å². The van der Waals surface area contributed by atoms with Gasteiger partial charge in [0.1, 0.15) is 13.9 Å². The Bertz CT molecular complexity index is 1140. The van der Waals surface area contributed by atoms with E-state index in [1.54, 1.807) is 24.3 Å². The monoisotopic (exact) mass is 582 g/mol. The predicted octanol–water partition coefficient (Wildman–Crippen LogP) is -1.90. The summed E-state index contributed by atoms with van der Waals surface area (Å²) in [4.78, 5) is 85.7. The lowest BCUT2D eigenvalue weighted by Gasteiger charge is -2.19. The maximum absolute atomic E-state index is 12.8. The highest BCUT2D eigenvalue weighted by molar-refractivity contribution is 6.12. The van der Waals surface area contributed by atoms with Crippen molar-refractivity contribution >= 4 is 49.2 Å². The Morgan fingerprint density at radius 1 is 0.762 bits per heavy atom. The molecular formula is C28H39BN6O7. The van der Waals surface area contributed by atoms with E-state index in [1.165, 1.54) is 12.2 Å². The van der Waals surface area contributed by atoms with Gasteiger partial charge in [0.2, 0.25) is 29.5 Å². The summed E-state index contributed by atoms with van der Waals surface area (Å²) >= 11 is 0. The first-order chi connectivity index (χ1) is 20.1. The third-order valence-electron chi connectivity index (χ3n) is 6.46. The number of nitrogens with zero attached hydrogens (tertiary/aromatic N) is 1. The summed E-state index contributed by atoms with van der Waals surface area (Å²) < 4.78 is 0. The number of imide groups is 1. The zero-order chi connectivity index (χ0) is 30.9. The smallest absolute Gasteiger partial charge is 0.253 e. The number of carbonyl (C=O) groups excluding carboxylic acids is 7. The molecule has 1 aliphatic rings. The molecule has 42 heavy (non-hydrogen) atoms. The second-order valence-electron chi connectivity index (χ2n) is 9.93. The standard InChI is InChI=1S/C28H39BN6O7/c1-19(15-29)33-24(38)18-32-28(42)21(14-20-8-4-2-5-9-20)34-25(39)17-31-23(37)16-30-22(36)10-6-3-7-13-35-26(40)11-12-27(35)41/h2,4-5,8-9,11-12,19,21H,3,6-7,10,13-18,29H2,1H3,(H,30,36)(H,31,37)(H,32,42)(H,33,38)(H,34,39)/t19-,21+/m1/s1. The molecule has 0 fully saturated rings. The summed E-state index contributed by atoms with van der Waals surface area (Å²) in [5, 5.41) is 12.8. The molecule has 0 aromatic heterocycles. The van der Waals surface area contributed by atoms with Crippen molar-refractivity contribution in [1.29, 1.82) is 0 Å². The van der Waals surface area contributed by atoms with Gasteiger partial charge in [-0.05, 0) is 25.3 Å². The van der Waals surface area contributed by atoms with E-state index in [-0.39, 0.29) is 62.1 Å². The molecule has 14 heteroatoms. The molecule has 0 saturated carbocycles. The first kappa shape index (κ1) is 33.7. The van der Waals surface area contributed by atoms with Gasteiger partial charge in [0.05, 0.1) is 19.6 Å². The number of amides is 7. The lowest BCUT2D eigenvalue weighted by atomic mass is 9.99. The molecule has 0 unspecified atom stereocenters. The summed E-state index contributed by atoms with van der Waals surface area (Å²) in [6, 6.07) is 8.02. The number of carbonyl (C=O) groups is 7. The number of nitrogens with one attached hydrogen (secondary N) is 5. The van der Waals surface area contributed by atoms with Crippen LogP contribution in [0.3, 0.4) is 0 Å². The van der Waals surface area contributed by atoms with Crippen LogP contribution in [0.4, 0.5) is 0 Å². The summed E-state index contributed by atoms with van der Waals surface area (Å²) in [6.45, 7) is 1.16. The molecule has 0 radical (unpaired) electrons.